The van der Waals surface area contributed by atoms with Gasteiger partial charge in [0.05, 0.1) is 10.7 Å². The fraction of sp³-hybridized carbons (Fsp3) is 0.714. The summed E-state index contributed by atoms with van der Waals surface area (Å²) in [5, 5.41) is 15.0. The molecule has 1 atom stereocenters. The fourth-order valence-electron chi connectivity index (χ4n) is 1.67. The van der Waals surface area contributed by atoms with E-state index in [9.17, 15) is 4.79 Å². The first-order chi connectivity index (χ1) is 9.61. The minimum absolute atomic E-state index is 0.114. The number of carbonyl (C=O) groups is 1. The van der Waals surface area contributed by atoms with Crippen LogP contribution in [-0.2, 0) is 10.5 Å². The Hall–Kier alpha value is -0.590. The smallest absolute Gasteiger partial charge is 0.220 e. The van der Waals surface area contributed by atoms with E-state index in [0.717, 1.165) is 35.0 Å². The lowest BCUT2D eigenvalue weighted by Gasteiger charge is -2.08. The van der Waals surface area contributed by atoms with E-state index in [-0.39, 0.29) is 12.5 Å². The highest BCUT2D eigenvalue weighted by Gasteiger charge is 2.04. The maximum Gasteiger partial charge on any atom is 0.220 e. The lowest BCUT2D eigenvalue weighted by atomic mass is 10.1. The van der Waals surface area contributed by atoms with Crippen LogP contribution in [0.15, 0.2) is 5.38 Å². The standard InChI is InChI=1S/C14H24N2O2S2/c1-11(8-17)4-3-6-15-14(18)5-7-19-9-13-10-20-12(2)16-13/h10-11,17H,3-9H2,1-2H3,(H,15,18). The summed E-state index contributed by atoms with van der Waals surface area (Å²) in [6.07, 6.45) is 2.44. The zero-order valence-corrected chi connectivity index (χ0v) is 13.9. The van der Waals surface area contributed by atoms with Crippen LogP contribution < -0.4 is 5.32 Å². The monoisotopic (exact) mass is 316 g/mol. The average molecular weight is 316 g/mol. The number of rotatable bonds is 10. The van der Waals surface area contributed by atoms with Crippen molar-refractivity contribution in [1.29, 1.82) is 0 Å². The van der Waals surface area contributed by atoms with E-state index in [1.807, 2.05) is 13.8 Å². The number of hydrogen-bond acceptors (Lipinski definition) is 5. The summed E-state index contributed by atoms with van der Waals surface area (Å²) < 4.78 is 0. The summed E-state index contributed by atoms with van der Waals surface area (Å²) in [4.78, 5) is 16.0. The van der Waals surface area contributed by atoms with Crippen LogP contribution in [0.3, 0.4) is 0 Å². The number of carbonyl (C=O) groups excluding carboxylic acids is 1. The zero-order chi connectivity index (χ0) is 14.8. The van der Waals surface area contributed by atoms with Crippen LogP contribution >= 0.6 is 23.1 Å². The molecule has 6 heteroatoms. The molecule has 0 aliphatic rings. The topological polar surface area (TPSA) is 62.2 Å². The van der Waals surface area contributed by atoms with E-state index in [2.05, 4.69) is 15.7 Å². The molecule has 1 aromatic heterocycles. The van der Waals surface area contributed by atoms with Crippen molar-refractivity contribution in [3.8, 4) is 0 Å². The van der Waals surface area contributed by atoms with Gasteiger partial charge < -0.3 is 10.4 Å². The van der Waals surface area contributed by atoms with E-state index in [1.165, 1.54) is 0 Å². The van der Waals surface area contributed by atoms with Gasteiger partial charge in [-0.1, -0.05) is 6.92 Å². The number of hydrogen-bond donors (Lipinski definition) is 2. The van der Waals surface area contributed by atoms with E-state index in [1.54, 1.807) is 23.1 Å². The first-order valence-electron chi connectivity index (χ1n) is 6.98. The van der Waals surface area contributed by atoms with Crippen molar-refractivity contribution in [3.05, 3.63) is 16.1 Å². The van der Waals surface area contributed by atoms with Gasteiger partial charge in [0.15, 0.2) is 0 Å². The molecule has 2 N–H and O–H groups in total. The molecule has 1 heterocycles. The molecule has 1 aromatic rings. The molecule has 1 amide bonds. The first-order valence-corrected chi connectivity index (χ1v) is 9.01. The molecule has 4 nitrogen and oxygen atoms in total. The zero-order valence-electron chi connectivity index (χ0n) is 12.2. The molecule has 0 aliphatic carbocycles. The SMILES string of the molecule is Cc1nc(CSCCC(=O)NCCCC(C)CO)cs1. The molecule has 0 spiro atoms. The molecule has 1 rings (SSSR count). The van der Waals surface area contributed by atoms with Gasteiger partial charge in [-0.2, -0.15) is 11.8 Å². The van der Waals surface area contributed by atoms with Crippen LogP contribution in [0.1, 0.15) is 36.9 Å². The minimum Gasteiger partial charge on any atom is -0.396 e. The molecular weight excluding hydrogens is 292 g/mol. The Bertz CT molecular complexity index is 396. The minimum atomic E-state index is 0.114. The Morgan fingerprint density at radius 2 is 2.40 bits per heavy atom. The molecule has 20 heavy (non-hydrogen) atoms. The second-order valence-corrected chi connectivity index (χ2v) is 7.11. The second-order valence-electron chi connectivity index (χ2n) is 4.94. The van der Waals surface area contributed by atoms with Crippen molar-refractivity contribution in [1.82, 2.24) is 10.3 Å². The molecule has 0 saturated carbocycles. The normalized spacial score (nSPS) is 12.3. The molecule has 1 unspecified atom stereocenters. The first kappa shape index (κ1) is 17.5. The molecule has 0 bridgehead atoms. The van der Waals surface area contributed by atoms with Crippen LogP contribution in [0.4, 0.5) is 0 Å². The van der Waals surface area contributed by atoms with Gasteiger partial charge in [-0.25, -0.2) is 4.98 Å². The van der Waals surface area contributed by atoms with Crippen LogP contribution in [0.25, 0.3) is 0 Å². The number of aliphatic hydroxyl groups is 1. The third-order valence-corrected chi connectivity index (χ3v) is 4.71. The number of amides is 1. The summed E-state index contributed by atoms with van der Waals surface area (Å²) in [5.41, 5.74) is 1.11. The van der Waals surface area contributed by atoms with Crippen molar-refractivity contribution in [3.63, 3.8) is 0 Å². The van der Waals surface area contributed by atoms with Gasteiger partial charge in [0.2, 0.25) is 5.91 Å². The number of nitrogens with one attached hydrogen (secondary N) is 1. The van der Waals surface area contributed by atoms with E-state index in [4.69, 9.17) is 5.11 Å². The summed E-state index contributed by atoms with van der Waals surface area (Å²) in [5.74, 6) is 2.15. The Morgan fingerprint density at radius 1 is 1.60 bits per heavy atom. The van der Waals surface area contributed by atoms with Crippen LogP contribution in [0.2, 0.25) is 0 Å². The van der Waals surface area contributed by atoms with E-state index >= 15 is 0 Å². The third-order valence-electron chi connectivity index (χ3n) is 2.90. The number of aliphatic hydroxyl groups excluding tert-OH is 1. The largest absolute Gasteiger partial charge is 0.396 e. The molecule has 114 valence electrons. The van der Waals surface area contributed by atoms with Gasteiger partial charge >= 0.3 is 0 Å². The highest BCUT2D eigenvalue weighted by molar-refractivity contribution is 7.98. The highest BCUT2D eigenvalue weighted by Crippen LogP contribution is 2.15. The van der Waals surface area contributed by atoms with Crippen molar-refractivity contribution in [2.45, 2.75) is 38.9 Å². The maximum atomic E-state index is 11.6. The Morgan fingerprint density at radius 3 is 3.05 bits per heavy atom. The molecule has 0 saturated heterocycles. The van der Waals surface area contributed by atoms with Crippen LogP contribution in [0.5, 0.6) is 0 Å². The van der Waals surface area contributed by atoms with Crippen molar-refractivity contribution in [2.24, 2.45) is 5.92 Å². The van der Waals surface area contributed by atoms with E-state index < -0.39 is 0 Å². The summed E-state index contributed by atoms with van der Waals surface area (Å²) in [6.45, 7) is 4.95. The number of aromatic nitrogens is 1. The van der Waals surface area contributed by atoms with E-state index in [0.29, 0.717) is 18.9 Å². The number of aryl methyl sites for hydroxylation is 1. The van der Waals surface area contributed by atoms with Gasteiger partial charge in [-0.05, 0) is 25.7 Å². The number of thioether (sulfide) groups is 1. The van der Waals surface area contributed by atoms with Crippen molar-refractivity contribution in [2.75, 3.05) is 18.9 Å². The Balaban J connectivity index is 1.97. The molecule has 0 fully saturated rings. The van der Waals surface area contributed by atoms with Crippen LogP contribution in [-0.4, -0.2) is 34.9 Å². The maximum absolute atomic E-state index is 11.6. The average Bonchev–Trinajstić information content (AvgIpc) is 2.85. The summed E-state index contributed by atoms with van der Waals surface area (Å²) in [6, 6.07) is 0. The van der Waals surface area contributed by atoms with Gasteiger partial charge in [0.1, 0.15) is 0 Å². The summed E-state index contributed by atoms with van der Waals surface area (Å²) in [7, 11) is 0. The summed E-state index contributed by atoms with van der Waals surface area (Å²) >= 11 is 3.41. The quantitative estimate of drug-likeness (QED) is 0.651. The van der Waals surface area contributed by atoms with Gasteiger partial charge in [0, 0.05) is 36.5 Å². The molecular formula is C14H24N2O2S2. The Labute approximate surface area is 129 Å². The van der Waals surface area contributed by atoms with Crippen LogP contribution in [0, 0.1) is 12.8 Å². The third kappa shape index (κ3) is 7.87. The lowest BCUT2D eigenvalue weighted by molar-refractivity contribution is -0.120. The molecule has 0 aromatic carbocycles. The molecule has 0 radical (unpaired) electrons. The van der Waals surface area contributed by atoms with Crippen molar-refractivity contribution >= 4 is 29.0 Å². The predicted octanol–water partition coefficient (Wildman–Crippen LogP) is 2.60. The second kappa shape index (κ2) is 10.2. The number of nitrogens with zero attached hydrogens (tertiary/aromatic N) is 1. The Kier molecular flexibility index (Phi) is 8.89. The fourth-order valence-corrected chi connectivity index (χ4v) is 3.22. The number of thiazole rings is 1. The molecule has 0 aliphatic heterocycles. The van der Waals surface area contributed by atoms with Gasteiger partial charge in [0.25, 0.3) is 0 Å². The van der Waals surface area contributed by atoms with Gasteiger partial charge in [-0.15, -0.1) is 11.3 Å². The highest BCUT2D eigenvalue weighted by atomic mass is 32.2. The van der Waals surface area contributed by atoms with Crippen molar-refractivity contribution < 1.29 is 9.90 Å². The predicted molar refractivity (Wildman–Crippen MR) is 86.1 cm³/mol. The van der Waals surface area contributed by atoms with Gasteiger partial charge in [-0.3, -0.25) is 4.79 Å². The lowest BCUT2D eigenvalue weighted by Crippen LogP contribution is -2.25.